The maximum absolute atomic E-state index is 12.9. The van der Waals surface area contributed by atoms with E-state index in [1.54, 1.807) is 24.3 Å². The van der Waals surface area contributed by atoms with Gasteiger partial charge in [0.05, 0.1) is 0 Å². The third kappa shape index (κ3) is 4.42. The molecule has 0 aliphatic carbocycles. The summed E-state index contributed by atoms with van der Waals surface area (Å²) in [6.45, 7) is 4.23. The molecule has 1 heterocycles. The van der Waals surface area contributed by atoms with E-state index in [0.717, 1.165) is 0 Å². The molecule has 5 nitrogen and oxygen atoms in total. The number of carbonyl (C=O) groups excluding carboxylic acids is 1. The van der Waals surface area contributed by atoms with Crippen molar-refractivity contribution in [2.24, 2.45) is 0 Å². The minimum atomic E-state index is -0.330. The minimum Gasteiger partial charge on any atom is -0.339 e. The normalized spacial score (nSPS) is 10.6. The number of anilines is 3. The Morgan fingerprint density at radius 3 is 2.12 bits per heavy atom. The standard InChI is InChI=1S/C20H19FN4O/c1-13(2)14-3-7-17(8-4-14)23-20(26)18-11-12-19(25-24-18)22-16-9-5-15(21)6-10-16/h3-13H,1-2H3,(H,22,25)(H,23,26). The fraction of sp³-hybridized carbons (Fsp3) is 0.150. The number of hydrogen-bond acceptors (Lipinski definition) is 4. The second-order valence-electron chi connectivity index (χ2n) is 6.17. The van der Waals surface area contributed by atoms with Crippen molar-refractivity contribution < 1.29 is 9.18 Å². The number of aromatic nitrogens is 2. The van der Waals surface area contributed by atoms with Gasteiger partial charge in [0, 0.05) is 11.4 Å². The summed E-state index contributed by atoms with van der Waals surface area (Å²) in [5.41, 5.74) is 2.81. The molecule has 3 rings (SSSR count). The van der Waals surface area contributed by atoms with Crippen LogP contribution in [0.1, 0.15) is 35.8 Å². The highest BCUT2D eigenvalue weighted by molar-refractivity contribution is 6.02. The van der Waals surface area contributed by atoms with E-state index < -0.39 is 0 Å². The summed E-state index contributed by atoms with van der Waals surface area (Å²) in [5.74, 6) is 0.263. The van der Waals surface area contributed by atoms with E-state index in [-0.39, 0.29) is 17.4 Å². The molecular weight excluding hydrogens is 331 g/mol. The monoisotopic (exact) mass is 350 g/mol. The van der Waals surface area contributed by atoms with Gasteiger partial charge in [-0.3, -0.25) is 4.79 Å². The van der Waals surface area contributed by atoms with E-state index in [1.165, 1.54) is 17.7 Å². The van der Waals surface area contributed by atoms with Crippen molar-refractivity contribution in [2.45, 2.75) is 19.8 Å². The molecule has 3 aromatic rings. The van der Waals surface area contributed by atoms with Crippen LogP contribution in [-0.2, 0) is 0 Å². The largest absolute Gasteiger partial charge is 0.339 e. The van der Waals surface area contributed by atoms with Gasteiger partial charge in [-0.15, -0.1) is 10.2 Å². The molecule has 0 unspecified atom stereocenters. The topological polar surface area (TPSA) is 66.9 Å². The van der Waals surface area contributed by atoms with Crippen LogP contribution < -0.4 is 10.6 Å². The second-order valence-corrected chi connectivity index (χ2v) is 6.17. The van der Waals surface area contributed by atoms with Crippen molar-refractivity contribution in [2.75, 3.05) is 10.6 Å². The molecule has 2 N–H and O–H groups in total. The third-order valence-electron chi connectivity index (χ3n) is 3.85. The van der Waals surface area contributed by atoms with Crippen molar-refractivity contribution in [1.82, 2.24) is 10.2 Å². The first-order chi connectivity index (χ1) is 12.5. The molecule has 0 spiro atoms. The highest BCUT2D eigenvalue weighted by Gasteiger charge is 2.09. The second kappa shape index (κ2) is 7.74. The Labute approximate surface area is 151 Å². The number of amides is 1. The highest BCUT2D eigenvalue weighted by atomic mass is 19.1. The average molecular weight is 350 g/mol. The molecule has 0 aliphatic rings. The number of rotatable bonds is 5. The van der Waals surface area contributed by atoms with Crippen molar-refractivity contribution >= 4 is 23.1 Å². The Kier molecular flexibility index (Phi) is 5.22. The average Bonchev–Trinajstić information content (AvgIpc) is 2.64. The molecule has 0 radical (unpaired) electrons. The van der Waals surface area contributed by atoms with Crippen LogP contribution in [0.3, 0.4) is 0 Å². The Morgan fingerprint density at radius 2 is 1.54 bits per heavy atom. The number of benzene rings is 2. The molecule has 0 fully saturated rings. The third-order valence-corrected chi connectivity index (χ3v) is 3.85. The summed E-state index contributed by atoms with van der Waals surface area (Å²) in [7, 11) is 0. The summed E-state index contributed by atoms with van der Waals surface area (Å²) < 4.78 is 12.9. The lowest BCUT2D eigenvalue weighted by molar-refractivity contribution is 0.102. The fourth-order valence-electron chi connectivity index (χ4n) is 2.35. The van der Waals surface area contributed by atoms with E-state index in [1.807, 2.05) is 24.3 Å². The van der Waals surface area contributed by atoms with Crippen LogP contribution in [-0.4, -0.2) is 16.1 Å². The van der Waals surface area contributed by atoms with Gasteiger partial charge < -0.3 is 10.6 Å². The first-order valence-electron chi connectivity index (χ1n) is 8.29. The number of carbonyl (C=O) groups is 1. The van der Waals surface area contributed by atoms with Gasteiger partial charge in [-0.2, -0.15) is 0 Å². The van der Waals surface area contributed by atoms with Gasteiger partial charge >= 0.3 is 0 Å². The van der Waals surface area contributed by atoms with Crippen molar-refractivity contribution in [3.8, 4) is 0 Å². The molecule has 0 saturated heterocycles. The number of nitrogens with one attached hydrogen (secondary N) is 2. The fourth-order valence-corrected chi connectivity index (χ4v) is 2.35. The van der Waals surface area contributed by atoms with E-state index >= 15 is 0 Å². The summed E-state index contributed by atoms with van der Waals surface area (Å²) in [4.78, 5) is 12.3. The zero-order valence-electron chi connectivity index (χ0n) is 14.5. The van der Waals surface area contributed by atoms with Crippen LogP contribution in [0.15, 0.2) is 60.7 Å². The predicted molar refractivity (Wildman–Crippen MR) is 100 cm³/mol. The van der Waals surface area contributed by atoms with Gasteiger partial charge in [-0.05, 0) is 60.0 Å². The summed E-state index contributed by atoms with van der Waals surface area (Å²) >= 11 is 0. The van der Waals surface area contributed by atoms with Gasteiger partial charge in [0.1, 0.15) is 5.82 Å². The predicted octanol–water partition coefficient (Wildman–Crippen LogP) is 4.74. The van der Waals surface area contributed by atoms with Crippen molar-refractivity contribution in [1.29, 1.82) is 0 Å². The maximum atomic E-state index is 12.9. The molecule has 1 aromatic heterocycles. The maximum Gasteiger partial charge on any atom is 0.276 e. The van der Waals surface area contributed by atoms with Gasteiger partial charge in [0.25, 0.3) is 5.91 Å². The summed E-state index contributed by atoms with van der Waals surface area (Å²) in [6, 6.07) is 16.8. The molecule has 26 heavy (non-hydrogen) atoms. The Morgan fingerprint density at radius 1 is 0.885 bits per heavy atom. The molecule has 0 atom stereocenters. The lowest BCUT2D eigenvalue weighted by Gasteiger charge is -2.08. The first-order valence-corrected chi connectivity index (χ1v) is 8.29. The quantitative estimate of drug-likeness (QED) is 0.698. The van der Waals surface area contributed by atoms with Crippen LogP contribution in [0.2, 0.25) is 0 Å². The number of hydrogen-bond donors (Lipinski definition) is 2. The Bertz CT molecular complexity index is 875. The van der Waals surface area contributed by atoms with Crippen molar-refractivity contribution in [3.63, 3.8) is 0 Å². The van der Waals surface area contributed by atoms with Crippen molar-refractivity contribution in [3.05, 3.63) is 77.7 Å². The van der Waals surface area contributed by atoms with E-state index in [9.17, 15) is 9.18 Å². The van der Waals surface area contributed by atoms with E-state index in [0.29, 0.717) is 23.1 Å². The van der Waals surface area contributed by atoms with E-state index in [2.05, 4.69) is 34.7 Å². The van der Waals surface area contributed by atoms with Gasteiger partial charge in [-0.25, -0.2) is 4.39 Å². The zero-order valence-corrected chi connectivity index (χ0v) is 14.5. The smallest absolute Gasteiger partial charge is 0.276 e. The lowest BCUT2D eigenvalue weighted by atomic mass is 10.0. The number of halogens is 1. The molecule has 1 amide bonds. The highest BCUT2D eigenvalue weighted by Crippen LogP contribution is 2.18. The molecule has 132 valence electrons. The molecule has 0 aliphatic heterocycles. The van der Waals surface area contributed by atoms with Crippen LogP contribution in [0.25, 0.3) is 0 Å². The zero-order chi connectivity index (χ0) is 18.5. The lowest BCUT2D eigenvalue weighted by Crippen LogP contribution is -2.14. The minimum absolute atomic E-state index is 0.211. The SMILES string of the molecule is CC(C)c1ccc(NC(=O)c2ccc(Nc3ccc(F)cc3)nn2)cc1. The van der Waals surface area contributed by atoms with Gasteiger partial charge in [0.2, 0.25) is 0 Å². The molecule has 0 saturated carbocycles. The summed E-state index contributed by atoms with van der Waals surface area (Å²) in [5, 5.41) is 13.7. The molecule has 2 aromatic carbocycles. The first kappa shape index (κ1) is 17.5. The van der Waals surface area contributed by atoms with Crippen LogP contribution in [0.5, 0.6) is 0 Å². The molecular formula is C20H19FN4O. The summed E-state index contributed by atoms with van der Waals surface area (Å²) in [6.07, 6.45) is 0. The number of nitrogens with zero attached hydrogens (tertiary/aromatic N) is 2. The van der Waals surface area contributed by atoms with Crippen LogP contribution >= 0.6 is 0 Å². The molecule has 6 heteroatoms. The van der Waals surface area contributed by atoms with Gasteiger partial charge in [0.15, 0.2) is 11.5 Å². The Hall–Kier alpha value is -3.28. The van der Waals surface area contributed by atoms with Crippen LogP contribution in [0.4, 0.5) is 21.6 Å². The van der Waals surface area contributed by atoms with E-state index in [4.69, 9.17) is 0 Å². The molecule has 0 bridgehead atoms. The van der Waals surface area contributed by atoms with Crippen LogP contribution in [0, 0.1) is 5.82 Å². The Balaban J connectivity index is 1.63. The van der Waals surface area contributed by atoms with Gasteiger partial charge in [-0.1, -0.05) is 26.0 Å².